The van der Waals surface area contributed by atoms with Crippen LogP contribution in [-0.2, 0) is 21.3 Å². The number of fused-ring (bicyclic) bond motifs is 2. The SMILES string of the molecule is CC(C)(C)OC(=O)N1C2COCC1CC(O)(c1cccc(F)c1C(F)(F)F)C2. The molecule has 0 spiro atoms. The number of carbonyl (C=O) groups excluding carboxylic acids is 1. The Morgan fingerprint density at radius 3 is 2.29 bits per heavy atom. The lowest BCUT2D eigenvalue weighted by Crippen LogP contribution is -2.63. The molecular formula is C19H23F4NO4. The van der Waals surface area contributed by atoms with Crippen LogP contribution in [0.1, 0.15) is 44.7 Å². The average molecular weight is 405 g/mol. The van der Waals surface area contributed by atoms with Gasteiger partial charge in [-0.1, -0.05) is 12.1 Å². The van der Waals surface area contributed by atoms with Crippen LogP contribution in [0.2, 0.25) is 0 Å². The molecule has 2 aliphatic heterocycles. The van der Waals surface area contributed by atoms with Crippen molar-refractivity contribution in [2.75, 3.05) is 13.2 Å². The lowest BCUT2D eigenvalue weighted by Gasteiger charge is -2.51. The van der Waals surface area contributed by atoms with Gasteiger partial charge in [0.25, 0.3) is 0 Å². The van der Waals surface area contributed by atoms with E-state index in [2.05, 4.69) is 0 Å². The van der Waals surface area contributed by atoms with Crippen molar-refractivity contribution in [3.05, 3.63) is 35.1 Å². The Morgan fingerprint density at radius 1 is 1.21 bits per heavy atom. The molecule has 1 N–H and O–H groups in total. The minimum atomic E-state index is -4.95. The van der Waals surface area contributed by atoms with Crippen molar-refractivity contribution in [2.45, 2.75) is 63.1 Å². The maximum Gasteiger partial charge on any atom is 0.419 e. The second-order valence-corrected chi connectivity index (χ2v) is 8.33. The van der Waals surface area contributed by atoms with Crippen LogP contribution in [-0.4, -0.2) is 47.0 Å². The van der Waals surface area contributed by atoms with Crippen molar-refractivity contribution >= 4 is 6.09 Å². The topological polar surface area (TPSA) is 59.0 Å². The van der Waals surface area contributed by atoms with Gasteiger partial charge < -0.3 is 14.6 Å². The number of nitrogens with zero attached hydrogens (tertiary/aromatic N) is 1. The van der Waals surface area contributed by atoms with Crippen molar-refractivity contribution < 1.29 is 36.9 Å². The number of aliphatic hydroxyl groups is 1. The summed E-state index contributed by atoms with van der Waals surface area (Å²) in [6.45, 7) is 5.23. The highest BCUT2D eigenvalue weighted by Gasteiger charge is 2.52. The third kappa shape index (κ3) is 3.96. The minimum absolute atomic E-state index is 0.0503. The van der Waals surface area contributed by atoms with Gasteiger partial charge in [-0.05, 0) is 32.4 Å². The molecule has 156 valence electrons. The fourth-order valence-electron chi connectivity index (χ4n) is 4.01. The number of halogens is 4. The Labute approximate surface area is 160 Å². The number of carbonyl (C=O) groups is 1. The normalized spacial score (nSPS) is 28.2. The Hall–Kier alpha value is -1.87. The van der Waals surface area contributed by atoms with Crippen LogP contribution < -0.4 is 0 Å². The molecule has 5 nitrogen and oxygen atoms in total. The third-order valence-electron chi connectivity index (χ3n) is 4.96. The summed E-state index contributed by atoms with van der Waals surface area (Å²) in [6.07, 6.45) is -5.99. The molecule has 2 aliphatic rings. The molecule has 2 fully saturated rings. The summed E-state index contributed by atoms with van der Waals surface area (Å²) in [4.78, 5) is 14.0. The van der Waals surface area contributed by atoms with Gasteiger partial charge in [-0.15, -0.1) is 0 Å². The van der Waals surface area contributed by atoms with Gasteiger partial charge in [0.2, 0.25) is 0 Å². The molecule has 2 saturated heterocycles. The predicted molar refractivity (Wildman–Crippen MR) is 91.0 cm³/mol. The maximum atomic E-state index is 14.0. The highest BCUT2D eigenvalue weighted by Crippen LogP contribution is 2.46. The molecule has 2 atom stereocenters. The number of ether oxygens (including phenoxy) is 2. The molecule has 1 aromatic rings. The molecular weight excluding hydrogens is 382 g/mol. The quantitative estimate of drug-likeness (QED) is 0.722. The summed E-state index contributed by atoms with van der Waals surface area (Å²) in [5.41, 5.74) is -4.67. The number of amides is 1. The van der Waals surface area contributed by atoms with Crippen LogP contribution in [0.3, 0.4) is 0 Å². The molecule has 0 radical (unpaired) electrons. The Morgan fingerprint density at radius 2 is 1.79 bits per heavy atom. The summed E-state index contributed by atoms with van der Waals surface area (Å²) in [5.74, 6) is -1.44. The van der Waals surface area contributed by atoms with Gasteiger partial charge in [-0.25, -0.2) is 9.18 Å². The van der Waals surface area contributed by atoms with Crippen LogP contribution in [0.25, 0.3) is 0 Å². The first kappa shape index (κ1) is 20.9. The van der Waals surface area contributed by atoms with Crippen molar-refractivity contribution in [1.82, 2.24) is 4.90 Å². The van der Waals surface area contributed by atoms with Crippen LogP contribution >= 0.6 is 0 Å². The summed E-state index contributed by atoms with van der Waals surface area (Å²) in [5, 5.41) is 11.1. The van der Waals surface area contributed by atoms with E-state index in [1.54, 1.807) is 20.8 Å². The number of rotatable bonds is 1. The zero-order valence-corrected chi connectivity index (χ0v) is 15.8. The molecule has 0 saturated carbocycles. The van der Waals surface area contributed by atoms with Crippen molar-refractivity contribution in [1.29, 1.82) is 0 Å². The molecule has 0 aromatic heterocycles. The lowest BCUT2D eigenvalue weighted by molar-refractivity contribution is -0.156. The number of morpholine rings is 1. The summed E-state index contributed by atoms with van der Waals surface area (Å²) in [7, 11) is 0. The van der Waals surface area contributed by atoms with Crippen LogP contribution in [0, 0.1) is 5.82 Å². The monoisotopic (exact) mass is 405 g/mol. The van der Waals surface area contributed by atoms with Gasteiger partial charge in [0.05, 0.1) is 36.5 Å². The van der Waals surface area contributed by atoms with Gasteiger partial charge in [0.1, 0.15) is 11.4 Å². The summed E-state index contributed by atoms with van der Waals surface area (Å²) < 4.78 is 65.2. The molecule has 0 aliphatic carbocycles. The summed E-state index contributed by atoms with van der Waals surface area (Å²) >= 11 is 0. The number of hydrogen-bond acceptors (Lipinski definition) is 4. The zero-order valence-electron chi connectivity index (χ0n) is 15.8. The van der Waals surface area contributed by atoms with E-state index in [0.717, 1.165) is 18.2 Å². The van der Waals surface area contributed by atoms with Crippen LogP contribution in [0.15, 0.2) is 18.2 Å². The second kappa shape index (κ2) is 6.88. The molecule has 1 amide bonds. The molecule has 2 bridgehead atoms. The first-order chi connectivity index (χ1) is 12.8. The van der Waals surface area contributed by atoms with E-state index in [4.69, 9.17) is 9.47 Å². The molecule has 9 heteroatoms. The van der Waals surface area contributed by atoms with E-state index in [9.17, 15) is 27.5 Å². The first-order valence-electron chi connectivity index (χ1n) is 8.99. The largest absolute Gasteiger partial charge is 0.444 e. The molecule has 28 heavy (non-hydrogen) atoms. The van der Waals surface area contributed by atoms with E-state index in [1.807, 2.05) is 0 Å². The van der Waals surface area contributed by atoms with Gasteiger partial charge in [-0.2, -0.15) is 13.2 Å². The van der Waals surface area contributed by atoms with Crippen LogP contribution in [0.5, 0.6) is 0 Å². The number of benzene rings is 1. The van der Waals surface area contributed by atoms with Gasteiger partial charge in [0, 0.05) is 12.8 Å². The Kier molecular flexibility index (Phi) is 5.12. The predicted octanol–water partition coefficient (Wildman–Crippen LogP) is 3.83. The Bertz CT molecular complexity index is 745. The fourth-order valence-corrected chi connectivity index (χ4v) is 4.01. The highest BCUT2D eigenvalue weighted by molar-refractivity contribution is 5.69. The molecule has 2 heterocycles. The van der Waals surface area contributed by atoms with Crippen molar-refractivity contribution in [2.24, 2.45) is 0 Å². The number of alkyl halides is 3. The van der Waals surface area contributed by atoms with E-state index in [1.165, 1.54) is 4.90 Å². The summed E-state index contributed by atoms with van der Waals surface area (Å²) in [6, 6.07) is 1.58. The maximum absolute atomic E-state index is 14.0. The van der Waals surface area contributed by atoms with Crippen LogP contribution in [0.4, 0.5) is 22.4 Å². The fraction of sp³-hybridized carbons (Fsp3) is 0.632. The van der Waals surface area contributed by atoms with E-state index in [0.29, 0.717) is 0 Å². The molecule has 3 rings (SSSR count). The number of piperidine rings is 1. The minimum Gasteiger partial charge on any atom is -0.444 e. The molecule has 1 aromatic carbocycles. The third-order valence-corrected chi connectivity index (χ3v) is 4.96. The van der Waals surface area contributed by atoms with E-state index in [-0.39, 0.29) is 26.1 Å². The first-order valence-corrected chi connectivity index (χ1v) is 8.99. The average Bonchev–Trinajstić information content (AvgIpc) is 2.50. The second-order valence-electron chi connectivity index (χ2n) is 8.33. The van der Waals surface area contributed by atoms with E-state index >= 15 is 0 Å². The number of hydrogen-bond donors (Lipinski definition) is 1. The van der Waals surface area contributed by atoms with Gasteiger partial charge in [-0.3, -0.25) is 4.90 Å². The van der Waals surface area contributed by atoms with Gasteiger partial charge >= 0.3 is 12.3 Å². The highest BCUT2D eigenvalue weighted by atomic mass is 19.4. The molecule has 2 unspecified atom stereocenters. The van der Waals surface area contributed by atoms with E-state index < -0.39 is 52.5 Å². The lowest BCUT2D eigenvalue weighted by atomic mass is 9.75. The zero-order chi connectivity index (χ0) is 20.9. The smallest absolute Gasteiger partial charge is 0.419 e. The van der Waals surface area contributed by atoms with Gasteiger partial charge in [0.15, 0.2) is 0 Å². The van der Waals surface area contributed by atoms with Crippen molar-refractivity contribution in [3.8, 4) is 0 Å². The Balaban J connectivity index is 1.96. The van der Waals surface area contributed by atoms with Crippen molar-refractivity contribution in [3.63, 3.8) is 0 Å². The standard InChI is InChI=1S/C19H23F4NO4/c1-17(2,3)28-16(25)24-11-7-18(26,8-12(24)10-27-9-11)13-5-4-6-14(20)15(13)19(21,22)23/h4-6,11-12,26H,7-10H2,1-3H3.